The molecule has 0 heterocycles. The van der Waals surface area contributed by atoms with Gasteiger partial charge >= 0.3 is 0 Å². The van der Waals surface area contributed by atoms with Gasteiger partial charge in [-0.15, -0.1) is 0 Å². The van der Waals surface area contributed by atoms with Crippen molar-refractivity contribution in [1.82, 2.24) is 0 Å². The molecule has 0 atom stereocenters. The lowest BCUT2D eigenvalue weighted by atomic mass is 10.3. The van der Waals surface area contributed by atoms with Crippen molar-refractivity contribution >= 4 is 6.29 Å². The number of unbranched alkanes of at least 4 members (excludes halogenated alkanes) is 2. The van der Waals surface area contributed by atoms with Crippen LogP contribution < -0.4 is 9.47 Å². The molecule has 0 amide bonds. The lowest BCUT2D eigenvalue weighted by molar-refractivity contribution is -0.108. The number of hydrogen-bond acceptors (Lipinski definition) is 3. The zero-order valence-corrected chi connectivity index (χ0v) is 10.4. The van der Waals surface area contributed by atoms with E-state index in [4.69, 9.17) is 9.47 Å². The van der Waals surface area contributed by atoms with Gasteiger partial charge in [0.1, 0.15) is 17.8 Å². The molecule has 0 fully saturated rings. The average molecular weight is 236 g/mol. The highest BCUT2D eigenvalue weighted by molar-refractivity contribution is 5.49. The highest BCUT2D eigenvalue weighted by Gasteiger charge is 1.97. The summed E-state index contributed by atoms with van der Waals surface area (Å²) in [4.78, 5) is 10.1. The van der Waals surface area contributed by atoms with Crippen LogP contribution in [0.15, 0.2) is 24.3 Å². The maximum atomic E-state index is 10.1. The number of carbonyl (C=O) groups is 1. The van der Waals surface area contributed by atoms with Crippen molar-refractivity contribution in [1.29, 1.82) is 0 Å². The quantitative estimate of drug-likeness (QED) is 0.488. The minimum atomic E-state index is 0.548. The lowest BCUT2D eigenvalue weighted by Crippen LogP contribution is -1.99. The molecule has 0 bridgehead atoms. The van der Waals surface area contributed by atoms with Crippen LogP contribution in [0.1, 0.15) is 32.6 Å². The van der Waals surface area contributed by atoms with Gasteiger partial charge in [-0.05, 0) is 25.0 Å². The first-order chi connectivity index (χ1) is 8.36. The fraction of sp³-hybridized carbons (Fsp3) is 0.500. The summed E-state index contributed by atoms with van der Waals surface area (Å²) in [6.07, 6.45) is 4.40. The Morgan fingerprint density at radius 2 is 1.76 bits per heavy atom. The van der Waals surface area contributed by atoms with Crippen molar-refractivity contribution in [2.45, 2.75) is 32.6 Å². The van der Waals surface area contributed by atoms with E-state index in [2.05, 4.69) is 6.92 Å². The molecule has 17 heavy (non-hydrogen) atoms. The molecule has 0 saturated heterocycles. The number of aldehydes is 1. The predicted octanol–water partition coefficient (Wildman–Crippen LogP) is 3.22. The largest absolute Gasteiger partial charge is 0.493 e. The zero-order valence-electron chi connectivity index (χ0n) is 10.4. The van der Waals surface area contributed by atoms with Crippen LogP contribution in [0.2, 0.25) is 0 Å². The molecule has 0 aromatic heterocycles. The predicted molar refractivity (Wildman–Crippen MR) is 67.6 cm³/mol. The SMILES string of the molecule is CCCCOc1cccc(OCCCC=O)c1. The van der Waals surface area contributed by atoms with Gasteiger partial charge in [-0.2, -0.15) is 0 Å². The molecule has 0 saturated carbocycles. The maximum Gasteiger partial charge on any atom is 0.122 e. The Morgan fingerprint density at radius 1 is 1.12 bits per heavy atom. The molecule has 0 aliphatic rings. The number of hydrogen-bond donors (Lipinski definition) is 0. The second kappa shape index (κ2) is 8.62. The minimum Gasteiger partial charge on any atom is -0.493 e. The Balaban J connectivity index is 2.34. The second-order valence-electron chi connectivity index (χ2n) is 3.83. The highest BCUT2D eigenvalue weighted by Crippen LogP contribution is 2.19. The van der Waals surface area contributed by atoms with Crippen LogP contribution in [-0.2, 0) is 4.79 Å². The van der Waals surface area contributed by atoms with E-state index in [9.17, 15) is 4.79 Å². The summed E-state index contributed by atoms with van der Waals surface area (Å²) in [5.41, 5.74) is 0. The normalized spacial score (nSPS) is 9.94. The van der Waals surface area contributed by atoms with Gasteiger partial charge in [-0.25, -0.2) is 0 Å². The van der Waals surface area contributed by atoms with Crippen molar-refractivity contribution in [3.05, 3.63) is 24.3 Å². The first-order valence-electron chi connectivity index (χ1n) is 6.16. The fourth-order valence-corrected chi connectivity index (χ4v) is 1.34. The Morgan fingerprint density at radius 3 is 2.35 bits per heavy atom. The molecular formula is C14H20O3. The van der Waals surface area contributed by atoms with Crippen LogP contribution in [0.4, 0.5) is 0 Å². The van der Waals surface area contributed by atoms with Gasteiger partial charge in [0, 0.05) is 12.5 Å². The van der Waals surface area contributed by atoms with Crippen LogP contribution in [0.3, 0.4) is 0 Å². The maximum absolute atomic E-state index is 10.1. The molecule has 0 N–H and O–H groups in total. The summed E-state index contributed by atoms with van der Waals surface area (Å²) in [6, 6.07) is 7.62. The average Bonchev–Trinajstić information content (AvgIpc) is 2.36. The molecule has 1 rings (SSSR count). The number of ether oxygens (including phenoxy) is 2. The van der Waals surface area contributed by atoms with E-state index in [1.807, 2.05) is 24.3 Å². The van der Waals surface area contributed by atoms with Gasteiger partial charge in [0.25, 0.3) is 0 Å². The van der Waals surface area contributed by atoms with Gasteiger partial charge in [0.15, 0.2) is 0 Å². The number of carbonyl (C=O) groups excluding carboxylic acids is 1. The second-order valence-corrected chi connectivity index (χ2v) is 3.83. The Bertz CT molecular complexity index is 323. The van der Waals surface area contributed by atoms with Gasteiger partial charge < -0.3 is 14.3 Å². The zero-order chi connectivity index (χ0) is 12.3. The third-order valence-corrected chi connectivity index (χ3v) is 2.31. The van der Waals surface area contributed by atoms with Crippen LogP contribution in [-0.4, -0.2) is 19.5 Å². The van der Waals surface area contributed by atoms with E-state index in [1.54, 1.807) is 0 Å². The van der Waals surface area contributed by atoms with Gasteiger partial charge in [-0.1, -0.05) is 19.4 Å². The highest BCUT2D eigenvalue weighted by atomic mass is 16.5. The van der Waals surface area contributed by atoms with Crippen molar-refractivity contribution in [2.24, 2.45) is 0 Å². The molecule has 0 unspecified atom stereocenters. The summed E-state index contributed by atoms with van der Waals surface area (Å²) in [7, 11) is 0. The lowest BCUT2D eigenvalue weighted by Gasteiger charge is -2.08. The van der Waals surface area contributed by atoms with Crippen molar-refractivity contribution in [3.8, 4) is 11.5 Å². The Kier molecular flexibility index (Phi) is 6.87. The standard InChI is InChI=1S/C14H20O3/c1-2-3-10-16-13-7-6-8-14(12-13)17-11-5-4-9-15/h6-9,12H,2-5,10-11H2,1H3. The molecule has 0 aliphatic carbocycles. The smallest absolute Gasteiger partial charge is 0.122 e. The van der Waals surface area contributed by atoms with E-state index in [1.165, 1.54) is 0 Å². The molecular weight excluding hydrogens is 216 g/mol. The van der Waals surface area contributed by atoms with Crippen LogP contribution in [0, 0.1) is 0 Å². The third kappa shape index (κ3) is 5.95. The summed E-state index contributed by atoms with van der Waals surface area (Å²) in [5.74, 6) is 1.64. The molecule has 94 valence electrons. The van der Waals surface area contributed by atoms with E-state index < -0.39 is 0 Å². The Hall–Kier alpha value is -1.51. The van der Waals surface area contributed by atoms with Gasteiger partial charge in [-0.3, -0.25) is 0 Å². The van der Waals surface area contributed by atoms with Crippen LogP contribution in [0.5, 0.6) is 11.5 Å². The number of rotatable bonds is 9. The first-order valence-corrected chi connectivity index (χ1v) is 6.16. The van der Waals surface area contributed by atoms with Crippen LogP contribution in [0.25, 0.3) is 0 Å². The number of benzene rings is 1. The molecule has 1 aromatic rings. The van der Waals surface area contributed by atoms with E-state index >= 15 is 0 Å². The first kappa shape index (κ1) is 13.6. The minimum absolute atomic E-state index is 0.548. The molecule has 0 aliphatic heterocycles. The summed E-state index contributed by atoms with van der Waals surface area (Å²) < 4.78 is 11.1. The molecule has 1 aromatic carbocycles. The van der Waals surface area contributed by atoms with Crippen molar-refractivity contribution in [3.63, 3.8) is 0 Å². The van der Waals surface area contributed by atoms with Gasteiger partial charge in [0.05, 0.1) is 13.2 Å². The molecule has 3 heteroatoms. The van der Waals surface area contributed by atoms with E-state index in [-0.39, 0.29) is 0 Å². The third-order valence-electron chi connectivity index (χ3n) is 2.31. The molecule has 3 nitrogen and oxygen atoms in total. The molecule has 0 spiro atoms. The van der Waals surface area contributed by atoms with Gasteiger partial charge in [0.2, 0.25) is 0 Å². The fourth-order valence-electron chi connectivity index (χ4n) is 1.34. The van der Waals surface area contributed by atoms with E-state index in [0.717, 1.165) is 43.7 Å². The molecule has 0 radical (unpaired) electrons. The monoisotopic (exact) mass is 236 g/mol. The summed E-state index contributed by atoms with van der Waals surface area (Å²) in [5, 5.41) is 0. The topological polar surface area (TPSA) is 35.5 Å². The summed E-state index contributed by atoms with van der Waals surface area (Å²) in [6.45, 7) is 3.44. The Labute approximate surface area is 103 Å². The van der Waals surface area contributed by atoms with Crippen LogP contribution >= 0.6 is 0 Å². The van der Waals surface area contributed by atoms with Crippen molar-refractivity contribution in [2.75, 3.05) is 13.2 Å². The van der Waals surface area contributed by atoms with Crippen molar-refractivity contribution < 1.29 is 14.3 Å². The summed E-state index contributed by atoms with van der Waals surface area (Å²) >= 11 is 0. The van der Waals surface area contributed by atoms with E-state index in [0.29, 0.717) is 13.0 Å².